The summed E-state index contributed by atoms with van der Waals surface area (Å²) in [5, 5.41) is 6.04. The molecule has 2 rings (SSSR count). The van der Waals surface area contributed by atoms with Crippen LogP contribution in [0.3, 0.4) is 0 Å². The summed E-state index contributed by atoms with van der Waals surface area (Å²) in [7, 11) is 1.81. The highest BCUT2D eigenvalue weighted by Crippen LogP contribution is 2.30. The van der Waals surface area contributed by atoms with Gasteiger partial charge in [0.2, 0.25) is 0 Å². The first-order valence-electron chi connectivity index (χ1n) is 6.62. The largest absolute Gasteiger partial charge is 0.387 e. The van der Waals surface area contributed by atoms with Crippen LogP contribution in [0.2, 0.25) is 0 Å². The number of anilines is 1. The molecule has 1 aromatic heterocycles. The molecule has 18 heavy (non-hydrogen) atoms. The molecule has 1 aliphatic rings. The predicted molar refractivity (Wildman–Crippen MR) is 72.6 cm³/mol. The third-order valence-electron chi connectivity index (χ3n) is 3.90. The van der Waals surface area contributed by atoms with Gasteiger partial charge in [0.25, 0.3) is 5.91 Å². The van der Waals surface area contributed by atoms with Gasteiger partial charge in [-0.1, -0.05) is 19.8 Å². The lowest BCUT2D eigenvalue weighted by Crippen LogP contribution is -2.30. The van der Waals surface area contributed by atoms with Gasteiger partial charge < -0.3 is 10.6 Å². The van der Waals surface area contributed by atoms with Gasteiger partial charge in [-0.3, -0.25) is 9.78 Å². The van der Waals surface area contributed by atoms with E-state index in [1.807, 2.05) is 13.1 Å². The van der Waals surface area contributed by atoms with E-state index in [2.05, 4.69) is 22.5 Å². The smallest absolute Gasteiger partial charge is 0.254 e. The molecule has 1 saturated carbocycles. The Morgan fingerprint density at radius 1 is 1.50 bits per heavy atom. The van der Waals surface area contributed by atoms with E-state index < -0.39 is 0 Å². The van der Waals surface area contributed by atoms with Gasteiger partial charge >= 0.3 is 0 Å². The molecule has 2 N–H and O–H groups in total. The quantitative estimate of drug-likeness (QED) is 0.858. The van der Waals surface area contributed by atoms with Crippen molar-refractivity contribution in [2.24, 2.45) is 11.8 Å². The van der Waals surface area contributed by atoms with Gasteiger partial charge in [0.15, 0.2) is 0 Å². The molecule has 1 aromatic rings. The van der Waals surface area contributed by atoms with Crippen molar-refractivity contribution in [2.75, 3.05) is 18.9 Å². The first-order chi connectivity index (χ1) is 8.72. The van der Waals surface area contributed by atoms with Crippen molar-refractivity contribution in [3.63, 3.8) is 0 Å². The topological polar surface area (TPSA) is 54.0 Å². The fourth-order valence-electron chi connectivity index (χ4n) is 2.64. The Bertz CT molecular complexity index is 419. The van der Waals surface area contributed by atoms with Crippen molar-refractivity contribution in [1.82, 2.24) is 10.3 Å². The number of hydrogen-bond donors (Lipinski definition) is 2. The average molecular weight is 247 g/mol. The van der Waals surface area contributed by atoms with Crippen LogP contribution in [0.1, 0.15) is 36.5 Å². The Hall–Kier alpha value is -1.58. The molecule has 1 amide bonds. The maximum Gasteiger partial charge on any atom is 0.254 e. The first-order valence-corrected chi connectivity index (χ1v) is 6.62. The van der Waals surface area contributed by atoms with Gasteiger partial charge in [-0.25, -0.2) is 0 Å². The van der Waals surface area contributed by atoms with Crippen LogP contribution in [-0.2, 0) is 0 Å². The van der Waals surface area contributed by atoms with Crippen LogP contribution in [0, 0.1) is 11.8 Å². The van der Waals surface area contributed by atoms with E-state index in [4.69, 9.17) is 0 Å². The molecule has 4 heteroatoms. The highest BCUT2D eigenvalue weighted by atomic mass is 16.1. The standard InChI is InChI=1S/C14H21N3O/c1-10-4-3-5-11(10)8-17-14(18)12-9-16-7-6-13(12)15-2/h6-7,9-11H,3-5,8H2,1-2H3,(H,15,16)(H,17,18). The molecule has 0 spiro atoms. The molecular weight excluding hydrogens is 226 g/mol. The SMILES string of the molecule is CNc1ccncc1C(=O)NCC1CCCC1C. The van der Waals surface area contributed by atoms with E-state index in [0.717, 1.165) is 18.2 Å². The van der Waals surface area contributed by atoms with Crippen LogP contribution in [-0.4, -0.2) is 24.5 Å². The minimum absolute atomic E-state index is 0.0356. The minimum Gasteiger partial charge on any atom is -0.387 e. The summed E-state index contributed by atoms with van der Waals surface area (Å²) in [4.78, 5) is 16.1. The van der Waals surface area contributed by atoms with E-state index in [-0.39, 0.29) is 5.91 Å². The second-order valence-electron chi connectivity index (χ2n) is 5.05. The summed E-state index contributed by atoms with van der Waals surface area (Å²) >= 11 is 0. The molecule has 1 aliphatic carbocycles. The highest BCUT2D eigenvalue weighted by molar-refractivity contribution is 5.99. The zero-order valence-electron chi connectivity index (χ0n) is 11.1. The molecule has 0 radical (unpaired) electrons. The Morgan fingerprint density at radius 3 is 3.00 bits per heavy atom. The number of pyridine rings is 1. The number of hydrogen-bond acceptors (Lipinski definition) is 3. The molecule has 98 valence electrons. The minimum atomic E-state index is -0.0356. The second-order valence-corrected chi connectivity index (χ2v) is 5.05. The van der Waals surface area contributed by atoms with Crippen molar-refractivity contribution in [3.8, 4) is 0 Å². The van der Waals surface area contributed by atoms with E-state index in [9.17, 15) is 4.79 Å². The van der Waals surface area contributed by atoms with E-state index in [1.165, 1.54) is 19.3 Å². The summed E-state index contributed by atoms with van der Waals surface area (Å²) in [6.07, 6.45) is 7.10. The zero-order valence-corrected chi connectivity index (χ0v) is 11.1. The van der Waals surface area contributed by atoms with Gasteiger partial charge in [0.1, 0.15) is 0 Å². The Labute approximate surface area is 108 Å². The third kappa shape index (κ3) is 2.81. The van der Waals surface area contributed by atoms with Crippen LogP contribution in [0.25, 0.3) is 0 Å². The predicted octanol–water partition coefficient (Wildman–Crippen LogP) is 2.29. The number of carbonyl (C=O) groups excluding carboxylic acids is 1. The van der Waals surface area contributed by atoms with Gasteiger partial charge in [-0.2, -0.15) is 0 Å². The summed E-state index contributed by atoms with van der Waals surface area (Å²) in [6.45, 7) is 3.05. The maximum atomic E-state index is 12.1. The van der Waals surface area contributed by atoms with Crippen molar-refractivity contribution in [1.29, 1.82) is 0 Å². The normalized spacial score (nSPS) is 22.8. The molecule has 0 aliphatic heterocycles. The molecule has 4 nitrogen and oxygen atoms in total. The third-order valence-corrected chi connectivity index (χ3v) is 3.90. The lowest BCUT2D eigenvalue weighted by atomic mass is 9.98. The van der Waals surface area contributed by atoms with Crippen molar-refractivity contribution in [3.05, 3.63) is 24.0 Å². The lowest BCUT2D eigenvalue weighted by Gasteiger charge is -2.16. The molecular formula is C14H21N3O. The number of nitrogens with zero attached hydrogens (tertiary/aromatic N) is 1. The summed E-state index contributed by atoms with van der Waals surface area (Å²) in [6, 6.07) is 1.81. The second kappa shape index (κ2) is 5.85. The van der Waals surface area contributed by atoms with E-state index in [1.54, 1.807) is 12.4 Å². The van der Waals surface area contributed by atoms with Gasteiger partial charge in [-0.15, -0.1) is 0 Å². The monoisotopic (exact) mass is 247 g/mol. The Kier molecular flexibility index (Phi) is 4.18. The summed E-state index contributed by atoms with van der Waals surface area (Å²) < 4.78 is 0. The molecule has 0 aromatic carbocycles. The molecule has 1 fully saturated rings. The van der Waals surface area contributed by atoms with E-state index >= 15 is 0 Å². The summed E-state index contributed by atoms with van der Waals surface area (Å²) in [5.41, 5.74) is 1.44. The average Bonchev–Trinajstić information content (AvgIpc) is 2.81. The Morgan fingerprint density at radius 2 is 2.33 bits per heavy atom. The molecule has 2 unspecified atom stereocenters. The molecule has 2 atom stereocenters. The highest BCUT2D eigenvalue weighted by Gasteiger charge is 2.24. The molecule has 0 saturated heterocycles. The van der Waals surface area contributed by atoms with Crippen LogP contribution in [0.15, 0.2) is 18.5 Å². The number of amides is 1. The Balaban J connectivity index is 1.95. The number of rotatable bonds is 4. The van der Waals surface area contributed by atoms with Crippen molar-refractivity contribution < 1.29 is 4.79 Å². The van der Waals surface area contributed by atoms with Gasteiger partial charge in [0.05, 0.1) is 5.56 Å². The maximum absolute atomic E-state index is 12.1. The van der Waals surface area contributed by atoms with Crippen LogP contribution in [0.5, 0.6) is 0 Å². The molecule has 1 heterocycles. The van der Waals surface area contributed by atoms with Crippen LogP contribution < -0.4 is 10.6 Å². The zero-order chi connectivity index (χ0) is 13.0. The number of nitrogens with one attached hydrogen (secondary N) is 2. The van der Waals surface area contributed by atoms with Crippen molar-refractivity contribution >= 4 is 11.6 Å². The van der Waals surface area contributed by atoms with Crippen LogP contribution >= 0.6 is 0 Å². The summed E-state index contributed by atoms with van der Waals surface area (Å²) in [5.74, 6) is 1.32. The number of carbonyl (C=O) groups is 1. The fraction of sp³-hybridized carbons (Fsp3) is 0.571. The molecule has 0 bridgehead atoms. The van der Waals surface area contributed by atoms with Gasteiger partial charge in [0, 0.05) is 31.7 Å². The number of aromatic nitrogens is 1. The van der Waals surface area contributed by atoms with Gasteiger partial charge in [-0.05, 0) is 24.3 Å². The fourth-order valence-corrected chi connectivity index (χ4v) is 2.64. The van der Waals surface area contributed by atoms with Crippen molar-refractivity contribution in [2.45, 2.75) is 26.2 Å². The van der Waals surface area contributed by atoms with Crippen LogP contribution in [0.4, 0.5) is 5.69 Å². The van der Waals surface area contributed by atoms with E-state index in [0.29, 0.717) is 11.5 Å². The first kappa shape index (κ1) is 12.9. The lowest BCUT2D eigenvalue weighted by molar-refractivity contribution is 0.0945.